The highest BCUT2D eigenvalue weighted by molar-refractivity contribution is 5.73. The van der Waals surface area contributed by atoms with Gasteiger partial charge in [0.15, 0.2) is 0 Å². The molecule has 0 radical (unpaired) electrons. The van der Waals surface area contributed by atoms with Gasteiger partial charge in [-0.05, 0) is 19.8 Å². The summed E-state index contributed by atoms with van der Waals surface area (Å²) in [6, 6.07) is -0.352. The van der Waals surface area contributed by atoms with Crippen molar-refractivity contribution >= 4 is 5.97 Å². The van der Waals surface area contributed by atoms with E-state index in [4.69, 9.17) is 10.8 Å². The lowest BCUT2D eigenvalue weighted by atomic mass is 10.2. The van der Waals surface area contributed by atoms with Crippen molar-refractivity contribution in [3.05, 3.63) is 0 Å². The third-order valence-electron chi connectivity index (χ3n) is 2.10. The van der Waals surface area contributed by atoms with E-state index in [2.05, 4.69) is 0 Å². The summed E-state index contributed by atoms with van der Waals surface area (Å²) < 4.78 is 0. The Bertz CT molecular complexity index is 159. The first-order valence-electron chi connectivity index (χ1n) is 3.87. The SMILES string of the molecule is CC(N)N1CCC[C@@H]1C(=O)O. The third kappa shape index (κ3) is 1.70. The van der Waals surface area contributed by atoms with Gasteiger partial charge in [-0.25, -0.2) is 0 Å². The summed E-state index contributed by atoms with van der Waals surface area (Å²) in [5.74, 6) is -0.750. The van der Waals surface area contributed by atoms with Gasteiger partial charge in [0.2, 0.25) is 0 Å². The lowest BCUT2D eigenvalue weighted by molar-refractivity contribution is -0.142. The summed E-state index contributed by atoms with van der Waals surface area (Å²) >= 11 is 0. The predicted molar refractivity (Wildman–Crippen MR) is 41.0 cm³/mol. The van der Waals surface area contributed by atoms with Crippen LogP contribution in [0.25, 0.3) is 0 Å². The lowest BCUT2D eigenvalue weighted by Crippen LogP contribution is -2.46. The van der Waals surface area contributed by atoms with E-state index in [1.54, 1.807) is 0 Å². The second-order valence-electron chi connectivity index (χ2n) is 2.97. The van der Waals surface area contributed by atoms with Crippen LogP contribution < -0.4 is 5.73 Å². The quantitative estimate of drug-likeness (QED) is 0.586. The van der Waals surface area contributed by atoms with Crippen molar-refractivity contribution < 1.29 is 9.90 Å². The Kier molecular flexibility index (Phi) is 2.46. The molecule has 0 aromatic carbocycles. The highest BCUT2D eigenvalue weighted by Crippen LogP contribution is 2.17. The summed E-state index contributed by atoms with van der Waals surface area (Å²) in [7, 11) is 0. The van der Waals surface area contributed by atoms with Gasteiger partial charge in [-0.3, -0.25) is 9.69 Å². The van der Waals surface area contributed by atoms with Crippen LogP contribution >= 0.6 is 0 Å². The highest BCUT2D eigenvalue weighted by Gasteiger charge is 2.31. The van der Waals surface area contributed by atoms with E-state index in [9.17, 15) is 4.79 Å². The van der Waals surface area contributed by atoms with Crippen LogP contribution in [0.4, 0.5) is 0 Å². The molecule has 1 unspecified atom stereocenters. The molecule has 4 nitrogen and oxygen atoms in total. The van der Waals surface area contributed by atoms with Crippen LogP contribution in [0.5, 0.6) is 0 Å². The Labute approximate surface area is 66.0 Å². The number of carboxylic acids is 1. The van der Waals surface area contributed by atoms with Crippen molar-refractivity contribution in [2.75, 3.05) is 6.54 Å². The van der Waals surface area contributed by atoms with Crippen LogP contribution in [0.1, 0.15) is 19.8 Å². The molecule has 11 heavy (non-hydrogen) atoms. The highest BCUT2D eigenvalue weighted by atomic mass is 16.4. The smallest absolute Gasteiger partial charge is 0.320 e. The van der Waals surface area contributed by atoms with E-state index in [0.29, 0.717) is 0 Å². The Balaban J connectivity index is 2.58. The first kappa shape index (κ1) is 8.49. The minimum absolute atomic E-state index is 0.140. The van der Waals surface area contributed by atoms with Crippen molar-refractivity contribution in [2.24, 2.45) is 5.73 Å². The number of carboxylic acid groups (broad SMARTS) is 1. The van der Waals surface area contributed by atoms with Crippen LogP contribution in [0.2, 0.25) is 0 Å². The summed E-state index contributed by atoms with van der Waals surface area (Å²) in [6.45, 7) is 2.63. The number of aliphatic carboxylic acids is 1. The van der Waals surface area contributed by atoms with E-state index in [0.717, 1.165) is 19.4 Å². The zero-order valence-corrected chi connectivity index (χ0v) is 6.66. The third-order valence-corrected chi connectivity index (χ3v) is 2.10. The van der Waals surface area contributed by atoms with E-state index >= 15 is 0 Å². The van der Waals surface area contributed by atoms with Crippen LogP contribution in [0, 0.1) is 0 Å². The van der Waals surface area contributed by atoms with Crippen LogP contribution in [-0.4, -0.2) is 34.7 Å². The molecule has 0 aromatic heterocycles. The van der Waals surface area contributed by atoms with E-state index in [1.165, 1.54) is 0 Å². The van der Waals surface area contributed by atoms with E-state index in [-0.39, 0.29) is 12.2 Å². The minimum Gasteiger partial charge on any atom is -0.480 e. The first-order chi connectivity index (χ1) is 5.13. The molecule has 0 spiro atoms. The summed E-state index contributed by atoms with van der Waals surface area (Å²) in [6.07, 6.45) is 1.54. The predicted octanol–water partition coefficient (Wildman–Crippen LogP) is -0.160. The standard InChI is InChI=1S/C7H14N2O2/c1-5(8)9-4-2-3-6(9)7(10)11/h5-6H,2-4,8H2,1H3,(H,10,11)/t5?,6-/m1/s1. The van der Waals surface area contributed by atoms with Crippen molar-refractivity contribution in [3.8, 4) is 0 Å². The number of likely N-dealkylation sites (tertiary alicyclic amines) is 1. The fraction of sp³-hybridized carbons (Fsp3) is 0.857. The zero-order chi connectivity index (χ0) is 8.43. The molecule has 1 aliphatic rings. The van der Waals surface area contributed by atoms with Crippen LogP contribution in [0.15, 0.2) is 0 Å². The van der Waals surface area contributed by atoms with Gasteiger partial charge in [-0.15, -0.1) is 0 Å². The lowest BCUT2D eigenvalue weighted by Gasteiger charge is -2.24. The maximum absolute atomic E-state index is 10.6. The second kappa shape index (κ2) is 3.19. The maximum atomic E-state index is 10.6. The van der Waals surface area contributed by atoms with Crippen molar-refractivity contribution in [2.45, 2.75) is 32.0 Å². The van der Waals surface area contributed by atoms with Gasteiger partial charge in [0, 0.05) is 6.54 Å². The molecule has 0 aliphatic carbocycles. The molecule has 0 saturated carbocycles. The number of rotatable bonds is 2. The number of hydrogen-bond acceptors (Lipinski definition) is 3. The fourth-order valence-electron chi connectivity index (χ4n) is 1.54. The number of nitrogens with zero attached hydrogens (tertiary/aromatic N) is 1. The number of hydrogen-bond donors (Lipinski definition) is 2. The fourth-order valence-corrected chi connectivity index (χ4v) is 1.54. The molecule has 1 heterocycles. The molecular formula is C7H14N2O2. The zero-order valence-electron chi connectivity index (χ0n) is 6.66. The normalized spacial score (nSPS) is 28.7. The summed E-state index contributed by atoms with van der Waals surface area (Å²) in [5.41, 5.74) is 5.59. The molecule has 1 fully saturated rings. The molecular weight excluding hydrogens is 144 g/mol. The van der Waals surface area contributed by atoms with Gasteiger partial charge in [-0.1, -0.05) is 0 Å². The minimum atomic E-state index is -0.750. The monoisotopic (exact) mass is 158 g/mol. The number of nitrogens with two attached hydrogens (primary N) is 1. The Morgan fingerprint density at radius 2 is 2.45 bits per heavy atom. The van der Waals surface area contributed by atoms with Crippen LogP contribution in [-0.2, 0) is 4.79 Å². The topological polar surface area (TPSA) is 66.6 Å². The van der Waals surface area contributed by atoms with E-state index < -0.39 is 5.97 Å². The van der Waals surface area contributed by atoms with Gasteiger partial charge in [0.05, 0.1) is 6.17 Å². The second-order valence-corrected chi connectivity index (χ2v) is 2.97. The van der Waals surface area contributed by atoms with Crippen molar-refractivity contribution in [3.63, 3.8) is 0 Å². The largest absolute Gasteiger partial charge is 0.480 e. The molecule has 64 valence electrons. The molecule has 3 N–H and O–H groups in total. The molecule has 1 saturated heterocycles. The first-order valence-corrected chi connectivity index (χ1v) is 3.87. The maximum Gasteiger partial charge on any atom is 0.320 e. The molecule has 2 atom stereocenters. The van der Waals surface area contributed by atoms with E-state index in [1.807, 2.05) is 11.8 Å². The summed E-state index contributed by atoms with van der Waals surface area (Å²) in [4.78, 5) is 12.4. The van der Waals surface area contributed by atoms with Gasteiger partial charge in [-0.2, -0.15) is 0 Å². The Morgan fingerprint density at radius 3 is 2.82 bits per heavy atom. The molecule has 1 aliphatic heterocycles. The van der Waals surface area contributed by atoms with Crippen molar-refractivity contribution in [1.82, 2.24) is 4.90 Å². The van der Waals surface area contributed by atoms with Gasteiger partial charge >= 0.3 is 5.97 Å². The van der Waals surface area contributed by atoms with Gasteiger partial charge < -0.3 is 10.8 Å². The molecule has 0 aromatic rings. The summed E-state index contributed by atoms with van der Waals surface area (Å²) in [5, 5.41) is 8.74. The average molecular weight is 158 g/mol. The molecule has 1 rings (SSSR count). The molecule has 0 bridgehead atoms. The number of carbonyl (C=O) groups is 1. The van der Waals surface area contributed by atoms with Gasteiger partial charge in [0.1, 0.15) is 6.04 Å². The molecule has 0 amide bonds. The Hall–Kier alpha value is -0.610. The average Bonchev–Trinajstić information content (AvgIpc) is 2.32. The van der Waals surface area contributed by atoms with Gasteiger partial charge in [0.25, 0.3) is 0 Å². The molecule has 4 heteroatoms. The Morgan fingerprint density at radius 1 is 1.82 bits per heavy atom. The van der Waals surface area contributed by atoms with Crippen molar-refractivity contribution in [1.29, 1.82) is 0 Å². The van der Waals surface area contributed by atoms with Crippen LogP contribution in [0.3, 0.4) is 0 Å².